The van der Waals surface area contributed by atoms with E-state index in [0.717, 1.165) is 50.5 Å². The predicted octanol–water partition coefficient (Wildman–Crippen LogP) is 4.37. The van der Waals surface area contributed by atoms with Gasteiger partial charge in [-0.25, -0.2) is 12.8 Å². The number of carbonyl (C=O) groups excluding carboxylic acids is 1. The van der Waals surface area contributed by atoms with Crippen molar-refractivity contribution in [3.8, 4) is 0 Å². The van der Waals surface area contributed by atoms with Gasteiger partial charge in [0.15, 0.2) is 0 Å². The molecule has 0 saturated heterocycles. The fourth-order valence-electron chi connectivity index (χ4n) is 4.54. The summed E-state index contributed by atoms with van der Waals surface area (Å²) in [4.78, 5) is 14.7. The lowest BCUT2D eigenvalue weighted by atomic mass is 9.96. The molecule has 2 aliphatic rings. The first-order valence-electron chi connectivity index (χ1n) is 10.6. The van der Waals surface area contributed by atoms with Gasteiger partial charge in [-0.05, 0) is 61.6 Å². The van der Waals surface area contributed by atoms with Gasteiger partial charge in [-0.15, -0.1) is 0 Å². The molecule has 0 aromatic heterocycles. The van der Waals surface area contributed by atoms with Crippen molar-refractivity contribution in [2.24, 2.45) is 0 Å². The average molecular weight is 431 g/mol. The van der Waals surface area contributed by atoms with E-state index in [1.165, 1.54) is 39.5 Å². The van der Waals surface area contributed by atoms with Crippen molar-refractivity contribution < 1.29 is 17.6 Å². The molecule has 1 aliphatic heterocycles. The zero-order valence-electron chi connectivity index (χ0n) is 17.2. The molecule has 0 N–H and O–H groups in total. The summed E-state index contributed by atoms with van der Waals surface area (Å²) in [5.74, 6) is -0.723. The molecule has 4 rings (SSSR count). The van der Waals surface area contributed by atoms with Gasteiger partial charge in [0.1, 0.15) is 5.82 Å². The van der Waals surface area contributed by atoms with Crippen LogP contribution in [0.15, 0.2) is 47.4 Å². The smallest absolute Gasteiger partial charge is 0.258 e. The Hall–Kier alpha value is -2.25. The second kappa shape index (κ2) is 8.47. The van der Waals surface area contributed by atoms with Gasteiger partial charge >= 0.3 is 0 Å². The number of aryl methyl sites for hydroxylation is 1. The Bertz CT molecular complexity index is 1030. The van der Waals surface area contributed by atoms with E-state index < -0.39 is 15.8 Å². The van der Waals surface area contributed by atoms with Gasteiger partial charge in [-0.3, -0.25) is 4.79 Å². The minimum absolute atomic E-state index is 0.0258. The lowest BCUT2D eigenvalue weighted by Crippen LogP contribution is -2.38. The molecule has 5 nitrogen and oxygen atoms in total. The van der Waals surface area contributed by atoms with Crippen LogP contribution in [0.25, 0.3) is 0 Å². The van der Waals surface area contributed by atoms with E-state index in [9.17, 15) is 17.6 Å². The molecule has 0 radical (unpaired) electrons. The number of rotatable bonds is 4. The summed E-state index contributed by atoms with van der Waals surface area (Å²) in [5, 5.41) is 0. The standard InChI is InChI=1S/C23H27FN2O3S/c1-25(19-9-3-2-4-10-19)30(28,29)20-14-12-18(13-15-20)23(27)26-16-6-8-17-7-5-11-21(24)22(17)26/h5,7,11-15,19H,2-4,6,8-10,16H2,1H3. The van der Waals surface area contributed by atoms with E-state index in [0.29, 0.717) is 17.8 Å². The Kier molecular flexibility index (Phi) is 5.93. The van der Waals surface area contributed by atoms with Crippen LogP contribution in [0.5, 0.6) is 0 Å². The molecule has 2 aromatic carbocycles. The van der Waals surface area contributed by atoms with E-state index in [1.54, 1.807) is 13.1 Å². The third-order valence-corrected chi connectivity index (χ3v) is 8.20. The number of anilines is 1. The van der Waals surface area contributed by atoms with Crippen LogP contribution in [0.4, 0.5) is 10.1 Å². The minimum atomic E-state index is -3.61. The van der Waals surface area contributed by atoms with Crippen LogP contribution in [-0.2, 0) is 16.4 Å². The lowest BCUT2D eigenvalue weighted by molar-refractivity contribution is 0.0984. The molecule has 30 heavy (non-hydrogen) atoms. The summed E-state index contributed by atoms with van der Waals surface area (Å²) >= 11 is 0. The molecule has 1 aliphatic carbocycles. The van der Waals surface area contributed by atoms with Crippen LogP contribution in [0.2, 0.25) is 0 Å². The van der Waals surface area contributed by atoms with Crippen LogP contribution < -0.4 is 4.90 Å². The Morgan fingerprint density at radius 1 is 1.03 bits per heavy atom. The number of amides is 1. The lowest BCUT2D eigenvalue weighted by Gasteiger charge is -2.31. The first-order chi connectivity index (χ1) is 14.4. The van der Waals surface area contributed by atoms with Crippen LogP contribution in [0.3, 0.4) is 0 Å². The number of sulfonamides is 1. The van der Waals surface area contributed by atoms with E-state index in [1.807, 2.05) is 6.07 Å². The molecule has 1 fully saturated rings. The summed E-state index contributed by atoms with van der Waals surface area (Å²) in [6.07, 6.45) is 6.51. The summed E-state index contributed by atoms with van der Waals surface area (Å²) in [6, 6.07) is 10.9. The number of benzene rings is 2. The van der Waals surface area contributed by atoms with Gasteiger partial charge in [-0.1, -0.05) is 31.4 Å². The minimum Gasteiger partial charge on any atom is -0.305 e. The van der Waals surface area contributed by atoms with E-state index in [2.05, 4.69) is 0 Å². The maximum absolute atomic E-state index is 14.4. The van der Waals surface area contributed by atoms with Crippen molar-refractivity contribution in [3.63, 3.8) is 0 Å². The van der Waals surface area contributed by atoms with Crippen LogP contribution in [-0.4, -0.2) is 38.3 Å². The SMILES string of the molecule is CN(C1CCCCC1)S(=O)(=O)c1ccc(C(=O)N2CCCc3cccc(F)c32)cc1. The summed E-state index contributed by atoms with van der Waals surface area (Å²) in [6.45, 7) is 0.442. The molecule has 160 valence electrons. The third kappa shape index (κ3) is 3.88. The van der Waals surface area contributed by atoms with Crippen molar-refractivity contribution in [2.75, 3.05) is 18.5 Å². The number of hydrogen-bond acceptors (Lipinski definition) is 3. The van der Waals surface area contributed by atoms with E-state index >= 15 is 0 Å². The molecule has 1 amide bonds. The number of nitrogens with zero attached hydrogens (tertiary/aromatic N) is 2. The summed E-state index contributed by atoms with van der Waals surface area (Å²) < 4.78 is 41.9. The van der Waals surface area contributed by atoms with Crippen molar-refractivity contribution >= 4 is 21.6 Å². The number of carbonyl (C=O) groups is 1. The highest BCUT2D eigenvalue weighted by Crippen LogP contribution is 2.31. The fourth-order valence-corrected chi connectivity index (χ4v) is 5.95. The molecule has 1 saturated carbocycles. The van der Waals surface area contributed by atoms with Gasteiger partial charge < -0.3 is 4.90 Å². The van der Waals surface area contributed by atoms with Gasteiger partial charge in [0, 0.05) is 25.2 Å². The van der Waals surface area contributed by atoms with E-state index in [4.69, 9.17) is 0 Å². The number of fused-ring (bicyclic) bond motifs is 1. The Morgan fingerprint density at radius 3 is 2.43 bits per heavy atom. The topological polar surface area (TPSA) is 57.7 Å². The van der Waals surface area contributed by atoms with Gasteiger partial charge in [0.2, 0.25) is 10.0 Å². The molecule has 0 spiro atoms. The van der Waals surface area contributed by atoms with Gasteiger partial charge in [0.25, 0.3) is 5.91 Å². The highest BCUT2D eigenvalue weighted by molar-refractivity contribution is 7.89. The van der Waals surface area contributed by atoms with Crippen molar-refractivity contribution in [1.29, 1.82) is 0 Å². The average Bonchev–Trinajstić information content (AvgIpc) is 2.78. The summed E-state index contributed by atoms with van der Waals surface area (Å²) in [5.41, 5.74) is 1.51. The van der Waals surface area contributed by atoms with Crippen molar-refractivity contribution in [2.45, 2.75) is 55.9 Å². The molecule has 2 aromatic rings. The fraction of sp³-hybridized carbons (Fsp3) is 0.435. The molecule has 0 bridgehead atoms. The second-order valence-electron chi connectivity index (χ2n) is 8.15. The molecular formula is C23H27FN2O3S. The maximum atomic E-state index is 14.4. The normalized spacial score (nSPS) is 17.8. The summed E-state index contributed by atoms with van der Waals surface area (Å²) in [7, 11) is -1.98. The number of hydrogen-bond donors (Lipinski definition) is 0. The predicted molar refractivity (Wildman–Crippen MR) is 115 cm³/mol. The van der Waals surface area contributed by atoms with Crippen molar-refractivity contribution in [1.82, 2.24) is 4.31 Å². The molecular weight excluding hydrogens is 403 g/mol. The molecule has 0 unspecified atom stereocenters. The highest BCUT2D eigenvalue weighted by Gasteiger charge is 2.30. The van der Waals surface area contributed by atoms with Crippen LogP contribution in [0.1, 0.15) is 54.4 Å². The van der Waals surface area contributed by atoms with Gasteiger partial charge in [0.05, 0.1) is 10.6 Å². The number of halogens is 1. The zero-order chi connectivity index (χ0) is 21.3. The largest absolute Gasteiger partial charge is 0.305 e. The van der Waals surface area contributed by atoms with E-state index in [-0.39, 0.29) is 16.8 Å². The Labute approximate surface area is 177 Å². The zero-order valence-corrected chi connectivity index (χ0v) is 18.0. The molecule has 0 atom stereocenters. The highest BCUT2D eigenvalue weighted by atomic mass is 32.2. The Balaban J connectivity index is 1.56. The maximum Gasteiger partial charge on any atom is 0.258 e. The molecule has 1 heterocycles. The Morgan fingerprint density at radius 2 is 1.73 bits per heavy atom. The third-order valence-electron chi connectivity index (χ3n) is 6.28. The second-order valence-corrected chi connectivity index (χ2v) is 10.1. The monoisotopic (exact) mass is 430 g/mol. The van der Waals surface area contributed by atoms with Crippen molar-refractivity contribution in [3.05, 3.63) is 59.4 Å². The van der Waals surface area contributed by atoms with Crippen LogP contribution in [0, 0.1) is 5.82 Å². The first kappa shape index (κ1) is 21.0. The first-order valence-corrected chi connectivity index (χ1v) is 12.0. The quantitative estimate of drug-likeness (QED) is 0.724. The van der Waals surface area contributed by atoms with Gasteiger partial charge in [-0.2, -0.15) is 4.31 Å². The number of para-hydroxylation sites is 1. The molecule has 7 heteroatoms. The van der Waals surface area contributed by atoms with Crippen LogP contribution >= 0.6 is 0 Å².